The zero-order chi connectivity index (χ0) is 8.15. The fourth-order valence-electron chi connectivity index (χ4n) is 0.310. The number of nitro groups is 1. The van der Waals surface area contributed by atoms with Gasteiger partial charge >= 0.3 is 0 Å². The predicted octanol–water partition coefficient (Wildman–Crippen LogP) is -0.151. The molecule has 0 aliphatic carbocycles. The molecule has 0 aromatic rings. The molecular formula is C5H8NO4-. The van der Waals surface area contributed by atoms with Crippen LogP contribution in [0.15, 0.2) is 11.6 Å². The third kappa shape index (κ3) is 2.34. The molecule has 5 nitrogen and oxygen atoms in total. The second-order valence-corrected chi connectivity index (χ2v) is 1.56. The Morgan fingerprint density at radius 3 is 2.50 bits per heavy atom. The van der Waals surface area contributed by atoms with Crippen LogP contribution in [0.5, 0.6) is 0 Å². The molecule has 0 unspecified atom stereocenters. The highest BCUT2D eigenvalue weighted by Gasteiger charge is 2.03. The molecule has 0 saturated heterocycles. The molecule has 0 spiro atoms. The highest BCUT2D eigenvalue weighted by Crippen LogP contribution is 1.98. The molecule has 0 fully saturated rings. The summed E-state index contributed by atoms with van der Waals surface area (Å²) in [6.45, 7) is 2.85. The molecule has 0 bridgehead atoms. The van der Waals surface area contributed by atoms with Crippen molar-refractivity contribution >= 4 is 0 Å². The molecule has 0 aliphatic heterocycles. The summed E-state index contributed by atoms with van der Waals surface area (Å²) in [6.07, 6.45) is 0. The minimum Gasteiger partial charge on any atom is -0.609 e. The molecule has 0 amide bonds. The maximum absolute atomic E-state index is 10.5. The van der Waals surface area contributed by atoms with Gasteiger partial charge in [-0.1, -0.05) is 6.92 Å². The van der Waals surface area contributed by atoms with E-state index in [4.69, 9.17) is 0 Å². The smallest absolute Gasteiger partial charge is 0.264 e. The summed E-state index contributed by atoms with van der Waals surface area (Å²) < 4.78 is 4.35. The van der Waals surface area contributed by atoms with E-state index in [1.54, 1.807) is 6.92 Å². The van der Waals surface area contributed by atoms with Gasteiger partial charge in [0, 0.05) is 6.92 Å². The van der Waals surface area contributed by atoms with Gasteiger partial charge in [0.1, 0.15) is 5.95 Å². The third-order valence-corrected chi connectivity index (χ3v) is 0.845. The molecule has 0 N–H and O–H groups in total. The van der Waals surface area contributed by atoms with Gasteiger partial charge < -0.3 is 9.84 Å². The first kappa shape index (κ1) is 8.74. The zero-order valence-corrected chi connectivity index (χ0v) is 5.79. The van der Waals surface area contributed by atoms with Crippen LogP contribution < -0.4 is 5.11 Å². The van der Waals surface area contributed by atoms with Crippen LogP contribution in [-0.2, 0) is 4.74 Å². The Labute approximate surface area is 58.1 Å². The van der Waals surface area contributed by atoms with Crippen molar-refractivity contribution in [2.24, 2.45) is 0 Å². The summed E-state index contributed by atoms with van der Waals surface area (Å²) in [5, 5.41) is 20.4. The summed E-state index contributed by atoms with van der Waals surface area (Å²) in [4.78, 5) is 9.12. The van der Waals surface area contributed by atoms with Crippen LogP contribution in [0.1, 0.15) is 13.8 Å². The molecule has 0 heterocycles. The Morgan fingerprint density at radius 2 is 2.20 bits per heavy atom. The summed E-state index contributed by atoms with van der Waals surface area (Å²) >= 11 is 0. The van der Waals surface area contributed by atoms with E-state index in [1.807, 2.05) is 0 Å². The van der Waals surface area contributed by atoms with Crippen LogP contribution >= 0.6 is 0 Å². The van der Waals surface area contributed by atoms with Crippen LogP contribution in [0, 0.1) is 10.1 Å². The second-order valence-electron chi connectivity index (χ2n) is 1.56. The van der Waals surface area contributed by atoms with Gasteiger partial charge in [-0.2, -0.15) is 0 Å². The molecule has 58 valence electrons. The van der Waals surface area contributed by atoms with Crippen LogP contribution in [0.25, 0.3) is 0 Å². The van der Waals surface area contributed by atoms with Crippen molar-refractivity contribution in [3.05, 3.63) is 21.8 Å². The highest BCUT2D eigenvalue weighted by atomic mass is 16.6. The van der Waals surface area contributed by atoms with E-state index in [2.05, 4.69) is 4.74 Å². The van der Waals surface area contributed by atoms with Gasteiger partial charge in [0.15, 0.2) is 0 Å². The Balaban J connectivity index is 4.19. The lowest BCUT2D eigenvalue weighted by Gasteiger charge is -2.10. The molecule has 0 aromatic carbocycles. The maximum Gasteiger partial charge on any atom is 0.264 e. The Bertz CT molecular complexity index is 163. The number of hydrogen-bond acceptors (Lipinski definition) is 4. The van der Waals surface area contributed by atoms with Crippen molar-refractivity contribution < 1.29 is 14.8 Å². The van der Waals surface area contributed by atoms with Crippen molar-refractivity contribution in [3.63, 3.8) is 0 Å². The first-order valence-electron chi connectivity index (χ1n) is 2.74. The fourth-order valence-corrected chi connectivity index (χ4v) is 0.310. The Kier molecular flexibility index (Phi) is 3.24. The van der Waals surface area contributed by atoms with E-state index < -0.39 is 16.6 Å². The average molecular weight is 146 g/mol. The number of hydrogen-bond donors (Lipinski definition) is 0. The molecule has 5 heteroatoms. The Morgan fingerprint density at radius 1 is 1.70 bits per heavy atom. The molecule has 0 atom stereocenters. The number of allylic oxidation sites excluding steroid dienone is 1. The third-order valence-electron chi connectivity index (χ3n) is 0.845. The Hall–Kier alpha value is -1.26. The molecule has 10 heavy (non-hydrogen) atoms. The van der Waals surface area contributed by atoms with E-state index in [1.165, 1.54) is 0 Å². The topological polar surface area (TPSA) is 75.4 Å². The molecule has 0 radical (unpaired) electrons. The average Bonchev–Trinajstić information content (AvgIpc) is 1.87. The molecule has 0 rings (SSSR count). The standard InChI is InChI=1S/C5H9NO4/c1-3-10-5(7)4(2)6(8)9/h7H,3H2,1-2H3/p-1. The lowest BCUT2D eigenvalue weighted by atomic mass is 10.5. The largest absolute Gasteiger partial charge is 0.609 e. The van der Waals surface area contributed by atoms with Crippen LogP contribution in [0.2, 0.25) is 0 Å². The van der Waals surface area contributed by atoms with Gasteiger partial charge in [0.25, 0.3) is 5.70 Å². The van der Waals surface area contributed by atoms with Gasteiger partial charge in [-0.3, -0.25) is 10.1 Å². The lowest BCUT2D eigenvalue weighted by molar-refractivity contribution is -0.455. The SMILES string of the molecule is CCOC([O-])=C(C)[N+](=O)[O-]. The van der Waals surface area contributed by atoms with Gasteiger partial charge in [0.2, 0.25) is 0 Å². The van der Waals surface area contributed by atoms with E-state index in [9.17, 15) is 15.2 Å². The lowest BCUT2D eigenvalue weighted by Crippen LogP contribution is -2.14. The second kappa shape index (κ2) is 3.71. The molecule has 0 saturated carbocycles. The van der Waals surface area contributed by atoms with Gasteiger partial charge in [-0.15, -0.1) is 0 Å². The quantitative estimate of drug-likeness (QED) is 0.315. The van der Waals surface area contributed by atoms with E-state index >= 15 is 0 Å². The minimum absolute atomic E-state index is 0.157. The van der Waals surface area contributed by atoms with Crippen molar-refractivity contribution in [3.8, 4) is 0 Å². The van der Waals surface area contributed by atoms with Crippen LogP contribution in [0.4, 0.5) is 0 Å². The number of nitrogens with zero attached hydrogens (tertiary/aromatic N) is 1. The summed E-state index contributed by atoms with van der Waals surface area (Å²) in [5.74, 6) is -0.868. The summed E-state index contributed by atoms with van der Waals surface area (Å²) in [7, 11) is 0. The van der Waals surface area contributed by atoms with Crippen molar-refractivity contribution in [2.45, 2.75) is 13.8 Å². The monoisotopic (exact) mass is 146 g/mol. The predicted molar refractivity (Wildman–Crippen MR) is 31.3 cm³/mol. The summed E-state index contributed by atoms with van der Waals surface area (Å²) in [5.41, 5.74) is -0.484. The van der Waals surface area contributed by atoms with Crippen LogP contribution in [0.3, 0.4) is 0 Å². The molecule has 0 aliphatic rings. The molecular weight excluding hydrogens is 138 g/mol. The van der Waals surface area contributed by atoms with Crippen molar-refractivity contribution in [1.29, 1.82) is 0 Å². The van der Waals surface area contributed by atoms with Crippen molar-refractivity contribution in [2.75, 3.05) is 6.61 Å². The maximum atomic E-state index is 10.5. The summed E-state index contributed by atoms with van der Waals surface area (Å²) in [6, 6.07) is 0. The van der Waals surface area contributed by atoms with Crippen molar-refractivity contribution in [1.82, 2.24) is 0 Å². The highest BCUT2D eigenvalue weighted by molar-refractivity contribution is 4.84. The first-order valence-corrected chi connectivity index (χ1v) is 2.74. The normalized spacial score (nSPS) is 12.2. The van der Waals surface area contributed by atoms with E-state index in [0.717, 1.165) is 6.92 Å². The van der Waals surface area contributed by atoms with E-state index in [0.29, 0.717) is 0 Å². The van der Waals surface area contributed by atoms with Gasteiger partial charge in [0.05, 0.1) is 4.92 Å². The zero-order valence-electron chi connectivity index (χ0n) is 5.79. The van der Waals surface area contributed by atoms with Crippen LogP contribution in [-0.4, -0.2) is 11.5 Å². The number of ether oxygens (including phenoxy) is 1. The van der Waals surface area contributed by atoms with Gasteiger partial charge in [-0.25, -0.2) is 0 Å². The van der Waals surface area contributed by atoms with E-state index in [-0.39, 0.29) is 6.61 Å². The minimum atomic E-state index is -0.868. The fraction of sp³-hybridized carbons (Fsp3) is 0.600. The molecule has 0 aromatic heterocycles. The first-order chi connectivity index (χ1) is 4.59. The van der Waals surface area contributed by atoms with Gasteiger partial charge in [-0.05, 0) is 6.61 Å². The number of rotatable bonds is 3.